The topological polar surface area (TPSA) is 81.1 Å². The predicted octanol–water partition coefficient (Wildman–Crippen LogP) is 11.6. The predicted molar refractivity (Wildman–Crippen MR) is 233 cm³/mol. The van der Waals surface area contributed by atoms with E-state index in [-0.39, 0.29) is 23.8 Å². The van der Waals surface area contributed by atoms with Gasteiger partial charge < -0.3 is 9.47 Å². The Morgan fingerprint density at radius 3 is 1.77 bits per heavy atom. The molecule has 7 rings (SSSR count). The molecule has 0 radical (unpaired) electrons. The van der Waals surface area contributed by atoms with Gasteiger partial charge in [-0.15, -0.1) is 0 Å². The summed E-state index contributed by atoms with van der Waals surface area (Å²) in [5.41, 5.74) is 7.24. The minimum absolute atomic E-state index is 0.0475. The average molecular weight is 784 g/mol. The van der Waals surface area contributed by atoms with Crippen molar-refractivity contribution in [2.24, 2.45) is 28.8 Å². The molecule has 0 saturated heterocycles. The van der Waals surface area contributed by atoms with Crippen molar-refractivity contribution >= 4 is 44.8 Å². The zero-order valence-electron chi connectivity index (χ0n) is 33.8. The van der Waals surface area contributed by atoms with Crippen molar-refractivity contribution in [2.75, 3.05) is 12.1 Å². The van der Waals surface area contributed by atoms with Gasteiger partial charge in [-0.25, -0.2) is 9.99 Å². The second-order valence-electron chi connectivity index (χ2n) is 16.2. The molecule has 0 atom stereocenters. The Hall–Kier alpha value is -4.82. The number of nitrogens with zero attached hydrogens (tertiary/aromatic N) is 3. The van der Waals surface area contributed by atoms with Gasteiger partial charge in [-0.1, -0.05) is 86.6 Å². The molecule has 0 N–H and O–H groups in total. The van der Waals surface area contributed by atoms with E-state index in [4.69, 9.17) is 19.6 Å². The number of aryl methyl sites for hydroxylation is 2. The minimum atomic E-state index is -0.102. The number of hydrogen-bond acceptors (Lipinski definition) is 8. The maximum absolute atomic E-state index is 13.1. The minimum Gasteiger partial charge on any atom is -0.426 e. The van der Waals surface area contributed by atoms with Gasteiger partial charge in [-0.05, 0) is 159 Å². The van der Waals surface area contributed by atoms with Crippen LogP contribution in [0.1, 0.15) is 106 Å². The number of esters is 2. The number of rotatable bonds is 15. The van der Waals surface area contributed by atoms with Crippen molar-refractivity contribution in [3.63, 3.8) is 0 Å². The van der Waals surface area contributed by atoms with E-state index in [1.807, 2.05) is 60.7 Å². The third-order valence-electron chi connectivity index (χ3n) is 11.9. The van der Waals surface area contributed by atoms with Crippen LogP contribution in [0.25, 0.3) is 10.2 Å². The fourth-order valence-corrected chi connectivity index (χ4v) is 9.43. The van der Waals surface area contributed by atoms with Crippen LogP contribution in [-0.2, 0) is 35.3 Å². The summed E-state index contributed by atoms with van der Waals surface area (Å²) < 4.78 is 12.7. The number of anilines is 1. The van der Waals surface area contributed by atoms with Gasteiger partial charge in [0.2, 0.25) is 5.13 Å². The molecule has 7 nitrogen and oxygen atoms in total. The highest BCUT2D eigenvalue weighted by molar-refractivity contribution is 7.22. The van der Waals surface area contributed by atoms with Crippen molar-refractivity contribution in [3.05, 3.63) is 119 Å². The van der Waals surface area contributed by atoms with Crippen LogP contribution >= 0.6 is 11.3 Å². The second kappa shape index (κ2) is 19.6. The Bertz CT molecular complexity index is 2080. The van der Waals surface area contributed by atoms with Gasteiger partial charge >= 0.3 is 11.9 Å². The maximum Gasteiger partial charge on any atom is 0.314 e. The molecule has 0 bridgehead atoms. The smallest absolute Gasteiger partial charge is 0.314 e. The summed E-state index contributed by atoms with van der Waals surface area (Å²) in [6, 6.07) is 31.0. The van der Waals surface area contributed by atoms with Gasteiger partial charge in [0.15, 0.2) is 0 Å². The molecule has 0 spiro atoms. The van der Waals surface area contributed by atoms with Gasteiger partial charge in [0.25, 0.3) is 0 Å². The molecule has 298 valence electrons. The molecule has 0 amide bonds. The van der Waals surface area contributed by atoms with Crippen LogP contribution in [0.3, 0.4) is 0 Å². The highest BCUT2D eigenvalue weighted by atomic mass is 32.1. The highest BCUT2D eigenvalue weighted by Crippen LogP contribution is 2.35. The third-order valence-corrected chi connectivity index (χ3v) is 13.0. The lowest BCUT2D eigenvalue weighted by atomic mass is 9.77. The van der Waals surface area contributed by atoms with Crippen LogP contribution in [-0.4, -0.2) is 30.2 Å². The molecule has 2 saturated carbocycles. The van der Waals surface area contributed by atoms with E-state index in [0.717, 1.165) is 111 Å². The van der Waals surface area contributed by atoms with Crippen LogP contribution in [0.4, 0.5) is 5.13 Å². The second-order valence-corrected chi connectivity index (χ2v) is 17.2. The number of aromatic nitrogens is 1. The number of hydrazone groups is 1. The summed E-state index contributed by atoms with van der Waals surface area (Å²) in [6.45, 7) is 4.34. The fourth-order valence-electron chi connectivity index (χ4n) is 8.55. The first-order valence-corrected chi connectivity index (χ1v) is 22.0. The van der Waals surface area contributed by atoms with Crippen LogP contribution in [0, 0.1) is 23.7 Å². The number of ether oxygens (including phenoxy) is 2. The zero-order chi connectivity index (χ0) is 39.6. The summed E-state index contributed by atoms with van der Waals surface area (Å²) in [7, 11) is 1.96. The zero-order valence-corrected chi connectivity index (χ0v) is 34.6. The Balaban J connectivity index is 0.976. The SMILES string of the molecule is CCCc1ccc(OC(=O)C2CCC(Cc3ccc(CC4CCC(C(=O)Oc5ccc(CCC)cc5)CC4)c(C=NN(C)c4nc5ccccc5s4)c3)CC2)cc1. The fraction of sp³-hybridized carbons (Fsp3) is 0.429. The van der Waals surface area contributed by atoms with E-state index in [1.165, 1.54) is 22.3 Å². The maximum atomic E-state index is 13.1. The van der Waals surface area contributed by atoms with E-state index in [1.54, 1.807) is 11.3 Å². The number of thiazole rings is 1. The summed E-state index contributed by atoms with van der Waals surface area (Å²) in [5, 5.41) is 7.64. The van der Waals surface area contributed by atoms with E-state index >= 15 is 0 Å². The van der Waals surface area contributed by atoms with Crippen molar-refractivity contribution in [2.45, 2.75) is 104 Å². The van der Waals surface area contributed by atoms with E-state index < -0.39 is 0 Å². The molecule has 0 unspecified atom stereocenters. The molecule has 2 aliphatic rings. The normalized spacial score (nSPS) is 19.8. The molecule has 5 aromatic rings. The first-order valence-electron chi connectivity index (χ1n) is 21.2. The number of para-hydroxylation sites is 1. The largest absolute Gasteiger partial charge is 0.426 e. The van der Waals surface area contributed by atoms with Crippen molar-refractivity contribution in [1.29, 1.82) is 0 Å². The Labute approximate surface area is 342 Å². The molecule has 8 heteroatoms. The quantitative estimate of drug-likeness (QED) is 0.0455. The number of carbonyl (C=O) groups is 2. The average Bonchev–Trinajstić information content (AvgIpc) is 3.68. The Morgan fingerprint density at radius 1 is 0.702 bits per heavy atom. The third kappa shape index (κ3) is 11.0. The molecule has 57 heavy (non-hydrogen) atoms. The van der Waals surface area contributed by atoms with Gasteiger partial charge in [0.1, 0.15) is 11.5 Å². The Morgan fingerprint density at radius 2 is 1.23 bits per heavy atom. The van der Waals surface area contributed by atoms with E-state index in [2.05, 4.69) is 62.4 Å². The van der Waals surface area contributed by atoms with Crippen LogP contribution in [0.5, 0.6) is 11.5 Å². The van der Waals surface area contributed by atoms with Crippen molar-refractivity contribution in [1.82, 2.24) is 4.98 Å². The number of hydrogen-bond donors (Lipinski definition) is 0. The Kier molecular flexibility index (Phi) is 13.9. The first-order chi connectivity index (χ1) is 27.8. The summed E-state index contributed by atoms with van der Waals surface area (Å²) in [4.78, 5) is 31.0. The molecular formula is C49H57N3O4S. The summed E-state index contributed by atoms with van der Waals surface area (Å²) >= 11 is 1.64. The summed E-state index contributed by atoms with van der Waals surface area (Å²) in [5.74, 6) is 1.99. The van der Waals surface area contributed by atoms with E-state index in [0.29, 0.717) is 23.3 Å². The monoisotopic (exact) mass is 783 g/mol. The number of fused-ring (bicyclic) bond motifs is 1. The molecule has 2 fully saturated rings. The van der Waals surface area contributed by atoms with E-state index in [9.17, 15) is 9.59 Å². The molecule has 1 aromatic heterocycles. The van der Waals surface area contributed by atoms with Gasteiger partial charge in [-0.2, -0.15) is 5.10 Å². The molecule has 1 heterocycles. The molecule has 2 aliphatic carbocycles. The van der Waals surface area contributed by atoms with Crippen LogP contribution < -0.4 is 14.5 Å². The highest BCUT2D eigenvalue weighted by Gasteiger charge is 2.30. The lowest BCUT2D eigenvalue weighted by Gasteiger charge is -2.28. The van der Waals surface area contributed by atoms with Crippen molar-refractivity contribution < 1.29 is 19.1 Å². The first kappa shape index (κ1) is 40.4. The summed E-state index contributed by atoms with van der Waals surface area (Å²) in [6.07, 6.45) is 15.6. The van der Waals surface area contributed by atoms with Gasteiger partial charge in [0, 0.05) is 7.05 Å². The van der Waals surface area contributed by atoms with Crippen molar-refractivity contribution in [3.8, 4) is 11.5 Å². The lowest BCUT2D eigenvalue weighted by molar-refractivity contribution is -0.141. The molecular weight excluding hydrogens is 727 g/mol. The standard InChI is InChI=1S/C49H57N3O4S/c1-4-8-34-17-26-43(27-18-34)55-47(53)39-21-12-36(13-22-39)30-38-16-25-41(42(32-38)33-50-52(3)49-51-45-10-6-7-11-46(45)57-49)31-37-14-23-40(24-15-37)48(54)56-44-28-19-35(9-5-2)20-29-44/h6-7,10-11,16-20,25-29,32-33,36-37,39-40H,4-5,8-9,12-15,21-24,30-31H2,1-3H3. The van der Waals surface area contributed by atoms with Crippen LogP contribution in [0.2, 0.25) is 0 Å². The van der Waals surface area contributed by atoms with Crippen LogP contribution in [0.15, 0.2) is 96.1 Å². The molecule has 0 aliphatic heterocycles. The molecule has 4 aromatic carbocycles. The number of benzene rings is 4. The number of carbonyl (C=O) groups excluding carboxylic acids is 2. The van der Waals surface area contributed by atoms with Gasteiger partial charge in [-0.3, -0.25) is 9.59 Å². The lowest BCUT2D eigenvalue weighted by Crippen LogP contribution is -2.26. The van der Waals surface area contributed by atoms with Gasteiger partial charge in [0.05, 0.1) is 28.3 Å².